The number of benzene rings is 3. The lowest BCUT2D eigenvalue weighted by atomic mass is 10.1. The third-order valence-corrected chi connectivity index (χ3v) is 5.82. The van der Waals surface area contributed by atoms with Crippen molar-refractivity contribution in [1.82, 2.24) is 20.0 Å². The molecule has 34 heavy (non-hydrogen) atoms. The van der Waals surface area contributed by atoms with Crippen molar-refractivity contribution in [3.05, 3.63) is 108 Å². The second kappa shape index (κ2) is 10.8. The first-order chi connectivity index (χ1) is 16.5. The summed E-state index contributed by atoms with van der Waals surface area (Å²) in [5.74, 6) is 0.614. The van der Waals surface area contributed by atoms with Gasteiger partial charge in [-0.15, -0.1) is 0 Å². The maximum Gasteiger partial charge on any atom is 0.255 e. The van der Waals surface area contributed by atoms with E-state index in [0.717, 1.165) is 22.4 Å². The summed E-state index contributed by atoms with van der Waals surface area (Å²) < 4.78 is 7.11. The van der Waals surface area contributed by atoms with E-state index in [1.54, 1.807) is 7.11 Å². The van der Waals surface area contributed by atoms with E-state index in [1.165, 1.54) is 0 Å². The average Bonchev–Trinajstić information content (AvgIpc) is 3.29. The summed E-state index contributed by atoms with van der Waals surface area (Å²) in [6.07, 6.45) is 1.83. The SMILES string of the molecule is COc1ccc(-c2nn(Cc3ccccc3)cc2C(=O)NC[C@@H](c2ccccc2)N(C)C)cc1. The molecule has 174 valence electrons. The van der Waals surface area contributed by atoms with Gasteiger partial charge in [-0.1, -0.05) is 60.7 Å². The molecule has 6 nitrogen and oxygen atoms in total. The number of ether oxygens (including phenoxy) is 1. The number of likely N-dealkylation sites (N-methyl/N-ethyl adjacent to an activating group) is 1. The molecular formula is C28H30N4O2. The van der Waals surface area contributed by atoms with Gasteiger partial charge in [0.05, 0.1) is 25.3 Å². The van der Waals surface area contributed by atoms with E-state index in [-0.39, 0.29) is 11.9 Å². The largest absolute Gasteiger partial charge is 0.497 e. The summed E-state index contributed by atoms with van der Waals surface area (Å²) >= 11 is 0. The molecule has 6 heteroatoms. The molecule has 0 saturated heterocycles. The van der Waals surface area contributed by atoms with Gasteiger partial charge in [-0.3, -0.25) is 9.48 Å². The monoisotopic (exact) mass is 454 g/mol. The predicted molar refractivity (Wildman–Crippen MR) is 135 cm³/mol. The summed E-state index contributed by atoms with van der Waals surface area (Å²) in [4.78, 5) is 15.5. The number of carbonyl (C=O) groups is 1. The Bertz CT molecular complexity index is 1200. The third-order valence-electron chi connectivity index (χ3n) is 5.82. The number of carbonyl (C=O) groups excluding carboxylic acids is 1. The highest BCUT2D eigenvalue weighted by molar-refractivity contribution is 5.99. The fourth-order valence-corrected chi connectivity index (χ4v) is 3.96. The molecule has 0 aliphatic heterocycles. The molecule has 0 spiro atoms. The second-order valence-corrected chi connectivity index (χ2v) is 8.40. The minimum atomic E-state index is -0.145. The Hall–Kier alpha value is -3.90. The van der Waals surface area contributed by atoms with Crippen molar-refractivity contribution in [3.8, 4) is 17.0 Å². The van der Waals surface area contributed by atoms with Gasteiger partial charge in [0.2, 0.25) is 0 Å². The number of rotatable bonds is 9. The third kappa shape index (κ3) is 5.53. The van der Waals surface area contributed by atoms with Crippen molar-refractivity contribution in [2.24, 2.45) is 0 Å². The standard InChI is InChI=1S/C28H30N4O2/c1-31(2)26(22-12-8-5-9-13-22)18-29-28(33)25-20-32(19-21-10-6-4-7-11-21)30-27(25)23-14-16-24(34-3)17-15-23/h4-17,20,26H,18-19H2,1-3H3,(H,29,33)/t26-/m0/s1. The van der Waals surface area contributed by atoms with Gasteiger partial charge in [0, 0.05) is 18.3 Å². The highest BCUT2D eigenvalue weighted by Crippen LogP contribution is 2.25. The summed E-state index contributed by atoms with van der Waals surface area (Å²) in [5, 5.41) is 7.91. The highest BCUT2D eigenvalue weighted by Gasteiger charge is 2.21. The summed E-state index contributed by atoms with van der Waals surface area (Å²) in [6, 6.07) is 28.0. The van der Waals surface area contributed by atoms with Crippen LogP contribution in [0, 0.1) is 0 Å². The van der Waals surface area contributed by atoms with Crippen molar-refractivity contribution in [3.63, 3.8) is 0 Å². The van der Waals surface area contributed by atoms with E-state index in [2.05, 4.69) is 34.5 Å². The number of amides is 1. The van der Waals surface area contributed by atoms with Gasteiger partial charge in [0.15, 0.2) is 0 Å². The first-order valence-electron chi connectivity index (χ1n) is 11.3. The van der Waals surface area contributed by atoms with Crippen molar-refractivity contribution in [1.29, 1.82) is 0 Å². The van der Waals surface area contributed by atoms with E-state index in [1.807, 2.05) is 85.6 Å². The van der Waals surface area contributed by atoms with E-state index in [0.29, 0.717) is 24.3 Å². The lowest BCUT2D eigenvalue weighted by Gasteiger charge is -2.25. The van der Waals surface area contributed by atoms with Crippen LogP contribution in [0.4, 0.5) is 0 Å². The molecule has 4 rings (SSSR count). The first-order valence-corrected chi connectivity index (χ1v) is 11.3. The average molecular weight is 455 g/mol. The van der Waals surface area contributed by atoms with Gasteiger partial charge in [-0.05, 0) is 49.5 Å². The van der Waals surface area contributed by atoms with Crippen molar-refractivity contribution >= 4 is 5.91 Å². The van der Waals surface area contributed by atoms with Crippen LogP contribution in [0.5, 0.6) is 5.75 Å². The highest BCUT2D eigenvalue weighted by atomic mass is 16.5. The van der Waals surface area contributed by atoms with Crippen molar-refractivity contribution in [2.45, 2.75) is 12.6 Å². The Kier molecular flexibility index (Phi) is 7.40. The molecule has 0 unspecified atom stereocenters. The molecule has 1 heterocycles. The van der Waals surface area contributed by atoms with Crippen LogP contribution >= 0.6 is 0 Å². The fraction of sp³-hybridized carbons (Fsp3) is 0.214. The second-order valence-electron chi connectivity index (χ2n) is 8.40. The molecular weight excluding hydrogens is 424 g/mol. The van der Waals surface area contributed by atoms with Crippen LogP contribution in [0.15, 0.2) is 91.1 Å². The van der Waals surface area contributed by atoms with Crippen LogP contribution in [0.2, 0.25) is 0 Å². The summed E-state index contributed by atoms with van der Waals surface area (Å²) in [5.41, 5.74) is 4.34. The van der Waals surface area contributed by atoms with Gasteiger partial charge in [0.25, 0.3) is 5.91 Å². The van der Waals surface area contributed by atoms with Crippen LogP contribution in [0.25, 0.3) is 11.3 Å². The number of methoxy groups -OCH3 is 1. The number of hydrogen-bond donors (Lipinski definition) is 1. The molecule has 0 saturated carbocycles. The van der Waals surface area contributed by atoms with E-state index in [4.69, 9.17) is 9.84 Å². The Morgan fingerprint density at radius 1 is 0.971 bits per heavy atom. The molecule has 0 radical (unpaired) electrons. The lowest BCUT2D eigenvalue weighted by Crippen LogP contribution is -2.34. The molecule has 0 bridgehead atoms. The Balaban J connectivity index is 1.60. The maximum absolute atomic E-state index is 13.4. The van der Waals surface area contributed by atoms with E-state index in [9.17, 15) is 4.79 Å². The van der Waals surface area contributed by atoms with Crippen LogP contribution < -0.4 is 10.1 Å². The molecule has 1 N–H and O–H groups in total. The smallest absolute Gasteiger partial charge is 0.255 e. The lowest BCUT2D eigenvalue weighted by molar-refractivity contribution is 0.0942. The zero-order chi connectivity index (χ0) is 23.9. The van der Waals surface area contributed by atoms with Crippen LogP contribution in [-0.4, -0.2) is 48.3 Å². The molecule has 3 aromatic carbocycles. The minimum absolute atomic E-state index is 0.0638. The number of hydrogen-bond acceptors (Lipinski definition) is 4. The van der Waals surface area contributed by atoms with Crippen LogP contribution in [-0.2, 0) is 6.54 Å². The number of nitrogens with zero attached hydrogens (tertiary/aromatic N) is 3. The number of aromatic nitrogens is 2. The molecule has 1 aromatic heterocycles. The zero-order valence-electron chi connectivity index (χ0n) is 19.8. The summed E-state index contributed by atoms with van der Waals surface area (Å²) in [6.45, 7) is 1.07. The maximum atomic E-state index is 13.4. The van der Waals surface area contributed by atoms with E-state index < -0.39 is 0 Å². The van der Waals surface area contributed by atoms with Gasteiger partial charge < -0.3 is 15.0 Å². The van der Waals surface area contributed by atoms with Crippen LogP contribution in [0.3, 0.4) is 0 Å². The van der Waals surface area contributed by atoms with Gasteiger partial charge in [0.1, 0.15) is 11.4 Å². The Morgan fingerprint density at radius 3 is 2.24 bits per heavy atom. The van der Waals surface area contributed by atoms with Crippen molar-refractivity contribution < 1.29 is 9.53 Å². The van der Waals surface area contributed by atoms with Gasteiger partial charge in [-0.2, -0.15) is 5.10 Å². The quantitative estimate of drug-likeness (QED) is 0.400. The Labute approximate surface area is 200 Å². The van der Waals surface area contributed by atoms with Gasteiger partial charge in [-0.25, -0.2) is 0 Å². The molecule has 1 atom stereocenters. The van der Waals surface area contributed by atoms with Gasteiger partial charge >= 0.3 is 0 Å². The number of nitrogens with one attached hydrogen (secondary N) is 1. The predicted octanol–water partition coefficient (Wildman–Crippen LogP) is 4.64. The normalized spacial score (nSPS) is 11.9. The van der Waals surface area contributed by atoms with E-state index >= 15 is 0 Å². The molecule has 0 fully saturated rings. The molecule has 0 aliphatic rings. The summed E-state index contributed by atoms with van der Waals surface area (Å²) in [7, 11) is 5.67. The van der Waals surface area contributed by atoms with Crippen molar-refractivity contribution in [2.75, 3.05) is 27.7 Å². The Morgan fingerprint density at radius 2 is 1.62 bits per heavy atom. The fourth-order valence-electron chi connectivity index (χ4n) is 3.96. The first kappa shape index (κ1) is 23.3. The molecule has 4 aromatic rings. The molecule has 0 aliphatic carbocycles. The zero-order valence-corrected chi connectivity index (χ0v) is 19.8. The topological polar surface area (TPSA) is 59.4 Å². The van der Waals surface area contributed by atoms with Crippen LogP contribution in [0.1, 0.15) is 27.5 Å². The molecule has 1 amide bonds. The minimum Gasteiger partial charge on any atom is -0.497 e.